The van der Waals surface area contributed by atoms with Crippen LogP contribution in [0.1, 0.15) is 106 Å². The van der Waals surface area contributed by atoms with Gasteiger partial charge in [-0.1, -0.05) is 38.1 Å². The molecule has 4 N–H and O–H groups in total. The van der Waals surface area contributed by atoms with Crippen LogP contribution in [0.2, 0.25) is 0 Å². The number of carbonyl (C=O) groups excluding carboxylic acids is 7. The van der Waals surface area contributed by atoms with E-state index in [0.717, 1.165) is 16.9 Å². The van der Waals surface area contributed by atoms with Gasteiger partial charge in [-0.05, 0) is 81.4 Å². The van der Waals surface area contributed by atoms with Crippen molar-refractivity contribution < 1.29 is 57.6 Å². The number of anilines is 1. The summed E-state index contributed by atoms with van der Waals surface area (Å²) in [5.41, 5.74) is 1.08. The topological polar surface area (TPSA) is 216 Å². The molecule has 0 saturated carbocycles. The number of aliphatic hydroxyl groups is 1. The number of amides is 5. The molecule has 6 unspecified atom stereocenters. The number of cyclic esters (lactones) is 1. The number of ether oxygens (including phenoxy) is 4. The quantitative estimate of drug-likeness (QED) is 0.0891. The van der Waals surface area contributed by atoms with Crippen LogP contribution in [0, 0.1) is 29.1 Å². The van der Waals surface area contributed by atoms with E-state index in [2.05, 4.69) is 48.0 Å². The molecule has 61 heavy (non-hydrogen) atoms. The van der Waals surface area contributed by atoms with E-state index >= 15 is 0 Å². The lowest BCUT2D eigenvalue weighted by Crippen LogP contribution is -2.54. The van der Waals surface area contributed by atoms with Crippen LogP contribution >= 0.6 is 0 Å². The average Bonchev–Trinajstić information content (AvgIpc) is 3.46. The van der Waals surface area contributed by atoms with Crippen molar-refractivity contribution in [3.05, 3.63) is 53.1 Å². The van der Waals surface area contributed by atoms with Gasteiger partial charge in [0.25, 0.3) is 11.8 Å². The predicted molar refractivity (Wildman–Crippen MR) is 221 cm³/mol. The molecular formula is C45H60N4O12. The Labute approximate surface area is 356 Å². The molecular weight excluding hydrogens is 789 g/mol. The van der Waals surface area contributed by atoms with Crippen molar-refractivity contribution in [1.29, 1.82) is 0 Å². The summed E-state index contributed by atoms with van der Waals surface area (Å²) in [6, 6.07) is 3.82. The van der Waals surface area contributed by atoms with E-state index in [1.165, 1.54) is 6.07 Å². The molecule has 0 spiro atoms. The summed E-state index contributed by atoms with van der Waals surface area (Å²) in [5, 5.41) is 18.3. The minimum atomic E-state index is -1.04. The lowest BCUT2D eigenvalue weighted by molar-refractivity contribution is -0.166. The standard InChI is InChI=1S/C45H60N4O12/c1-26-22-28-9-8-27(2)31(11-10-30-24-29(50)25-38(53)60-30)39(28)35(23-26)61-44(57)45(3,4)15-14-36(51)47-17-19-59-21-20-58-18-16-46-33-7-5-6-32-40(33)43(56)49(42(32)55)34-12-13-37(52)48-41(34)54/h5-9,22,26-27,29-31,34-35,39,46,50H,10-21,23-25H2,1-4H3,(H,47,51)(H,48,52,54)/t26?,27?,29-,30-,31?,34?,35?,39?/m1/s1. The number of piperidine rings is 1. The molecule has 0 radical (unpaired) electrons. The number of hydrogen-bond donors (Lipinski definition) is 4. The van der Waals surface area contributed by atoms with Crippen molar-refractivity contribution in [1.82, 2.24) is 15.5 Å². The second kappa shape index (κ2) is 20.3. The van der Waals surface area contributed by atoms with E-state index in [1.54, 1.807) is 26.0 Å². The zero-order valence-corrected chi connectivity index (χ0v) is 35.6. The Balaban J connectivity index is 0.859. The molecule has 16 heteroatoms. The summed E-state index contributed by atoms with van der Waals surface area (Å²) >= 11 is 0. The Morgan fingerprint density at radius 1 is 0.984 bits per heavy atom. The van der Waals surface area contributed by atoms with Crippen LogP contribution in [0.25, 0.3) is 0 Å². The summed E-state index contributed by atoms with van der Waals surface area (Å²) in [6.45, 7) is 9.63. The third-order valence-corrected chi connectivity index (χ3v) is 12.4. The molecule has 2 aliphatic carbocycles. The predicted octanol–water partition coefficient (Wildman–Crippen LogP) is 3.62. The third-order valence-electron chi connectivity index (χ3n) is 12.4. The lowest BCUT2D eigenvalue weighted by Gasteiger charge is -2.44. The van der Waals surface area contributed by atoms with Crippen LogP contribution in [0.3, 0.4) is 0 Å². The SMILES string of the molecule is CC1C=C2C=CC(C)C(CC[C@@H]3C[C@@H](O)CC(=O)O3)C2C(OC(=O)C(C)(C)CCC(=O)NCCOCCOCCNc2cccc3c2C(=O)N(C2CCC(=O)NC2=O)C3=O)C1. The molecule has 16 nitrogen and oxygen atoms in total. The summed E-state index contributed by atoms with van der Waals surface area (Å²) in [5.74, 6) is -2.54. The maximum absolute atomic E-state index is 13.7. The second-order valence-electron chi connectivity index (χ2n) is 17.6. The van der Waals surface area contributed by atoms with Gasteiger partial charge in [-0.2, -0.15) is 0 Å². The summed E-state index contributed by atoms with van der Waals surface area (Å²) in [6.07, 6.45) is 8.40. The Hall–Kier alpha value is -4.93. The fraction of sp³-hybridized carbons (Fsp3) is 0.622. The minimum absolute atomic E-state index is 0.00214. The monoisotopic (exact) mass is 848 g/mol. The smallest absolute Gasteiger partial charge is 0.311 e. The molecule has 6 rings (SSSR count). The van der Waals surface area contributed by atoms with Gasteiger partial charge >= 0.3 is 11.9 Å². The molecule has 0 aromatic heterocycles. The van der Waals surface area contributed by atoms with Gasteiger partial charge in [0.1, 0.15) is 18.2 Å². The molecule has 5 aliphatic rings. The number of allylic oxidation sites excluding steroid dienone is 3. The van der Waals surface area contributed by atoms with Gasteiger partial charge in [0.05, 0.1) is 55.5 Å². The summed E-state index contributed by atoms with van der Waals surface area (Å²) in [4.78, 5) is 89.5. The Morgan fingerprint density at radius 2 is 1.74 bits per heavy atom. The van der Waals surface area contributed by atoms with E-state index in [-0.39, 0.29) is 124 Å². The highest BCUT2D eigenvalue weighted by Crippen LogP contribution is 2.46. The number of hydrogen-bond acceptors (Lipinski definition) is 13. The first-order valence-corrected chi connectivity index (χ1v) is 21.6. The van der Waals surface area contributed by atoms with E-state index in [4.69, 9.17) is 18.9 Å². The van der Waals surface area contributed by atoms with Gasteiger partial charge in [0, 0.05) is 44.0 Å². The molecule has 2 saturated heterocycles. The molecule has 5 amide bonds. The largest absolute Gasteiger partial charge is 0.462 e. The van der Waals surface area contributed by atoms with Crippen LogP contribution in [0.15, 0.2) is 42.0 Å². The first-order valence-electron chi connectivity index (χ1n) is 21.6. The van der Waals surface area contributed by atoms with Crippen molar-refractivity contribution in [2.24, 2.45) is 29.1 Å². The van der Waals surface area contributed by atoms with Crippen LogP contribution in [0.4, 0.5) is 5.69 Å². The lowest BCUT2D eigenvalue weighted by atomic mass is 9.65. The second-order valence-corrected chi connectivity index (χ2v) is 17.6. The molecule has 2 fully saturated rings. The van der Waals surface area contributed by atoms with Gasteiger partial charge in [0.15, 0.2) is 0 Å². The molecule has 1 aromatic rings. The number of imide groups is 2. The number of fused-ring (bicyclic) bond motifs is 2. The molecule has 1 aromatic carbocycles. The fourth-order valence-electron chi connectivity index (χ4n) is 9.06. The number of nitrogens with one attached hydrogen (secondary N) is 3. The maximum Gasteiger partial charge on any atom is 0.311 e. The van der Waals surface area contributed by atoms with Crippen molar-refractivity contribution in [2.75, 3.05) is 44.8 Å². The Kier molecular flexibility index (Phi) is 15.2. The summed E-state index contributed by atoms with van der Waals surface area (Å²) < 4.78 is 23.1. The number of nitrogens with zero attached hydrogens (tertiary/aromatic N) is 1. The highest BCUT2D eigenvalue weighted by Gasteiger charge is 2.46. The number of rotatable bonds is 19. The maximum atomic E-state index is 13.7. The van der Waals surface area contributed by atoms with Gasteiger partial charge in [-0.25, -0.2) is 0 Å². The molecule has 332 valence electrons. The number of benzene rings is 1. The van der Waals surface area contributed by atoms with Crippen molar-refractivity contribution in [3.8, 4) is 0 Å². The highest BCUT2D eigenvalue weighted by atomic mass is 16.6. The fourth-order valence-corrected chi connectivity index (χ4v) is 9.06. The van der Waals surface area contributed by atoms with Crippen molar-refractivity contribution >= 4 is 47.2 Å². The van der Waals surface area contributed by atoms with Crippen LogP contribution < -0.4 is 16.0 Å². The Morgan fingerprint density at radius 3 is 2.48 bits per heavy atom. The molecule has 3 heterocycles. The first-order chi connectivity index (χ1) is 29.1. The number of aliphatic hydroxyl groups excluding tert-OH is 1. The molecule has 8 atom stereocenters. The van der Waals surface area contributed by atoms with Crippen LogP contribution in [0.5, 0.6) is 0 Å². The van der Waals surface area contributed by atoms with Crippen LogP contribution in [-0.2, 0) is 42.9 Å². The van der Waals surface area contributed by atoms with E-state index in [0.29, 0.717) is 37.9 Å². The normalized spacial score (nSPS) is 27.5. The molecule has 0 bridgehead atoms. The van der Waals surface area contributed by atoms with Crippen molar-refractivity contribution in [2.45, 2.75) is 110 Å². The average molecular weight is 849 g/mol. The van der Waals surface area contributed by atoms with Crippen LogP contribution in [-0.4, -0.2) is 115 Å². The van der Waals surface area contributed by atoms with Gasteiger partial charge in [-0.15, -0.1) is 0 Å². The minimum Gasteiger partial charge on any atom is -0.462 e. The number of esters is 2. The zero-order valence-electron chi connectivity index (χ0n) is 35.6. The Bertz CT molecular complexity index is 1910. The van der Waals surface area contributed by atoms with E-state index in [1.807, 2.05) is 0 Å². The van der Waals surface area contributed by atoms with Gasteiger partial charge in [-0.3, -0.25) is 43.8 Å². The molecule has 3 aliphatic heterocycles. The van der Waals surface area contributed by atoms with Gasteiger partial charge < -0.3 is 34.7 Å². The first kappa shape index (κ1) is 45.6. The zero-order chi connectivity index (χ0) is 43.8. The van der Waals surface area contributed by atoms with Crippen molar-refractivity contribution in [3.63, 3.8) is 0 Å². The third kappa shape index (κ3) is 11.3. The van der Waals surface area contributed by atoms with Gasteiger partial charge in [0.2, 0.25) is 17.7 Å². The van der Waals surface area contributed by atoms with E-state index in [9.17, 15) is 38.7 Å². The highest BCUT2D eigenvalue weighted by molar-refractivity contribution is 6.25. The summed E-state index contributed by atoms with van der Waals surface area (Å²) in [7, 11) is 0. The van der Waals surface area contributed by atoms with E-state index < -0.39 is 41.2 Å². The number of carbonyl (C=O) groups is 7.